The first kappa shape index (κ1) is 12.6. The monoisotopic (exact) mass is 262 g/mol. The van der Waals surface area contributed by atoms with Crippen molar-refractivity contribution in [2.45, 2.75) is 64.6 Å². The zero-order valence-electron chi connectivity index (χ0n) is 11.9. The fourth-order valence-electron chi connectivity index (χ4n) is 3.50. The molecule has 2 fully saturated rings. The van der Waals surface area contributed by atoms with Crippen LogP contribution in [0.25, 0.3) is 0 Å². The number of hydrogen-bond donors (Lipinski definition) is 0. The summed E-state index contributed by atoms with van der Waals surface area (Å²) in [6, 6.07) is 1.18. The van der Waals surface area contributed by atoms with E-state index >= 15 is 0 Å². The van der Waals surface area contributed by atoms with E-state index in [1.807, 2.05) is 31.6 Å². The molecule has 1 aromatic heterocycles. The molecule has 2 atom stereocenters. The molecule has 2 aliphatic heterocycles. The quantitative estimate of drug-likeness (QED) is 0.778. The highest BCUT2D eigenvalue weighted by Gasteiger charge is 2.46. The second kappa shape index (κ2) is 4.32. The molecule has 1 aromatic rings. The molecule has 0 aromatic carbocycles. The van der Waals surface area contributed by atoms with Gasteiger partial charge in [0.2, 0.25) is 5.91 Å². The van der Waals surface area contributed by atoms with Gasteiger partial charge in [0.15, 0.2) is 0 Å². The Morgan fingerprint density at radius 3 is 2.26 bits per heavy atom. The molecule has 0 N–H and O–H groups in total. The lowest BCUT2D eigenvalue weighted by Crippen LogP contribution is -2.50. The van der Waals surface area contributed by atoms with Crippen LogP contribution in [0.3, 0.4) is 0 Å². The summed E-state index contributed by atoms with van der Waals surface area (Å²) in [7, 11) is 0. The van der Waals surface area contributed by atoms with Gasteiger partial charge in [-0.2, -0.15) is 0 Å². The average Bonchev–Trinajstić information content (AvgIpc) is 2.94. The molecule has 0 spiro atoms. The second-order valence-corrected chi connectivity index (χ2v) is 6.86. The van der Waals surface area contributed by atoms with E-state index < -0.39 is 0 Å². The van der Waals surface area contributed by atoms with E-state index in [0.717, 1.165) is 25.7 Å². The van der Waals surface area contributed by atoms with Gasteiger partial charge in [-0.1, -0.05) is 26.0 Å². The Kier molecular flexibility index (Phi) is 2.87. The maximum Gasteiger partial charge on any atom is 0.228 e. The molecular formula is C14H22N4O. The van der Waals surface area contributed by atoms with Crippen molar-refractivity contribution in [1.29, 1.82) is 0 Å². The van der Waals surface area contributed by atoms with Gasteiger partial charge >= 0.3 is 0 Å². The fraction of sp³-hybridized carbons (Fsp3) is 0.786. The van der Waals surface area contributed by atoms with Gasteiger partial charge in [0.1, 0.15) is 0 Å². The lowest BCUT2D eigenvalue weighted by atomic mass is 9.90. The molecule has 0 saturated carbocycles. The van der Waals surface area contributed by atoms with Crippen LogP contribution in [0.15, 0.2) is 12.4 Å². The Hall–Kier alpha value is -1.39. The molecule has 5 nitrogen and oxygen atoms in total. The van der Waals surface area contributed by atoms with Crippen molar-refractivity contribution in [3.8, 4) is 0 Å². The summed E-state index contributed by atoms with van der Waals surface area (Å²) < 4.78 is 1.96. The number of hydrogen-bond acceptors (Lipinski definition) is 3. The van der Waals surface area contributed by atoms with E-state index in [4.69, 9.17) is 0 Å². The molecule has 2 aliphatic rings. The van der Waals surface area contributed by atoms with Crippen LogP contribution < -0.4 is 0 Å². The summed E-state index contributed by atoms with van der Waals surface area (Å²) in [6.45, 7) is 6.04. The Morgan fingerprint density at radius 2 is 1.79 bits per heavy atom. The van der Waals surface area contributed by atoms with Crippen molar-refractivity contribution < 1.29 is 4.79 Å². The van der Waals surface area contributed by atoms with Crippen molar-refractivity contribution in [2.24, 2.45) is 5.41 Å². The molecular weight excluding hydrogens is 240 g/mol. The first-order valence-corrected chi connectivity index (χ1v) is 7.15. The van der Waals surface area contributed by atoms with Crippen LogP contribution in [0.5, 0.6) is 0 Å². The Balaban J connectivity index is 1.78. The third-order valence-corrected chi connectivity index (χ3v) is 4.40. The van der Waals surface area contributed by atoms with E-state index in [-0.39, 0.29) is 5.41 Å². The number of carbonyl (C=O) groups excluding carboxylic acids is 1. The Labute approximate surface area is 114 Å². The van der Waals surface area contributed by atoms with Crippen molar-refractivity contribution in [3.05, 3.63) is 12.4 Å². The number of nitrogens with zero attached hydrogens (tertiary/aromatic N) is 4. The molecule has 3 heterocycles. The van der Waals surface area contributed by atoms with Gasteiger partial charge in [-0.15, -0.1) is 5.10 Å². The molecule has 2 bridgehead atoms. The van der Waals surface area contributed by atoms with Crippen LogP contribution in [0, 0.1) is 5.41 Å². The van der Waals surface area contributed by atoms with Gasteiger partial charge in [-0.3, -0.25) is 4.79 Å². The number of aromatic nitrogens is 3. The normalized spacial score (nSPS) is 30.7. The minimum atomic E-state index is -0.277. The third kappa shape index (κ3) is 2.15. The zero-order valence-corrected chi connectivity index (χ0v) is 11.9. The minimum absolute atomic E-state index is 0.277. The first-order chi connectivity index (χ1) is 8.97. The number of fused-ring (bicyclic) bond motifs is 2. The van der Waals surface area contributed by atoms with E-state index in [1.165, 1.54) is 0 Å². The standard InChI is InChI=1S/C14H22N4O/c1-14(2,3)13(19)18-10-4-5-11(18)9-12(8-10)17-7-6-15-16-17/h6-7,10-12H,4-5,8-9H2,1-3H3. The summed E-state index contributed by atoms with van der Waals surface area (Å²) in [5, 5.41) is 8.01. The van der Waals surface area contributed by atoms with Gasteiger partial charge < -0.3 is 4.90 Å². The van der Waals surface area contributed by atoms with Crippen LogP contribution in [-0.2, 0) is 4.79 Å². The van der Waals surface area contributed by atoms with Crippen LogP contribution in [0.2, 0.25) is 0 Å². The molecule has 2 saturated heterocycles. The fourth-order valence-corrected chi connectivity index (χ4v) is 3.50. The second-order valence-electron chi connectivity index (χ2n) is 6.86. The smallest absolute Gasteiger partial charge is 0.228 e. The number of carbonyl (C=O) groups is 1. The Bertz CT molecular complexity index is 448. The van der Waals surface area contributed by atoms with Gasteiger partial charge in [-0.25, -0.2) is 4.68 Å². The molecule has 2 unspecified atom stereocenters. The highest BCUT2D eigenvalue weighted by Crippen LogP contribution is 2.42. The highest BCUT2D eigenvalue weighted by molar-refractivity contribution is 5.82. The first-order valence-electron chi connectivity index (χ1n) is 7.15. The van der Waals surface area contributed by atoms with Crippen LogP contribution in [0.1, 0.15) is 52.5 Å². The van der Waals surface area contributed by atoms with Crippen LogP contribution in [0.4, 0.5) is 0 Å². The molecule has 0 radical (unpaired) electrons. The maximum atomic E-state index is 12.6. The summed E-state index contributed by atoms with van der Waals surface area (Å²) in [5.41, 5.74) is -0.277. The van der Waals surface area contributed by atoms with Crippen LogP contribution in [-0.4, -0.2) is 37.9 Å². The van der Waals surface area contributed by atoms with E-state index in [1.54, 1.807) is 6.20 Å². The lowest BCUT2D eigenvalue weighted by Gasteiger charge is -2.41. The molecule has 3 rings (SSSR count). The minimum Gasteiger partial charge on any atom is -0.336 e. The molecule has 104 valence electrons. The summed E-state index contributed by atoms with van der Waals surface area (Å²) >= 11 is 0. The highest BCUT2D eigenvalue weighted by atomic mass is 16.2. The van der Waals surface area contributed by atoms with Gasteiger partial charge in [0, 0.05) is 23.7 Å². The summed E-state index contributed by atoms with van der Waals surface area (Å²) in [5.74, 6) is 0.303. The number of rotatable bonds is 1. The molecule has 0 aliphatic carbocycles. The van der Waals surface area contributed by atoms with Gasteiger partial charge in [0.25, 0.3) is 0 Å². The number of amides is 1. The molecule has 19 heavy (non-hydrogen) atoms. The van der Waals surface area contributed by atoms with Crippen molar-refractivity contribution in [1.82, 2.24) is 19.9 Å². The van der Waals surface area contributed by atoms with E-state index in [0.29, 0.717) is 24.0 Å². The van der Waals surface area contributed by atoms with Crippen molar-refractivity contribution in [3.63, 3.8) is 0 Å². The largest absolute Gasteiger partial charge is 0.336 e. The van der Waals surface area contributed by atoms with Crippen molar-refractivity contribution >= 4 is 5.91 Å². The number of piperidine rings is 1. The SMILES string of the molecule is CC(C)(C)C(=O)N1C2CCC1CC(n1ccnn1)C2. The topological polar surface area (TPSA) is 51.0 Å². The predicted octanol–water partition coefficient (Wildman–Crippen LogP) is 2.02. The van der Waals surface area contributed by atoms with Crippen LogP contribution >= 0.6 is 0 Å². The van der Waals surface area contributed by atoms with E-state index in [2.05, 4.69) is 15.2 Å². The van der Waals surface area contributed by atoms with Crippen molar-refractivity contribution in [2.75, 3.05) is 0 Å². The molecule has 1 amide bonds. The average molecular weight is 262 g/mol. The summed E-state index contributed by atoms with van der Waals surface area (Å²) in [6.07, 6.45) is 7.97. The predicted molar refractivity (Wildman–Crippen MR) is 71.4 cm³/mol. The van der Waals surface area contributed by atoms with Gasteiger partial charge in [-0.05, 0) is 25.7 Å². The zero-order chi connectivity index (χ0) is 13.6. The van der Waals surface area contributed by atoms with E-state index in [9.17, 15) is 4.79 Å². The summed E-state index contributed by atoms with van der Waals surface area (Å²) in [4.78, 5) is 14.7. The lowest BCUT2D eigenvalue weighted by molar-refractivity contribution is -0.144. The Morgan fingerprint density at radius 1 is 1.16 bits per heavy atom. The maximum absolute atomic E-state index is 12.6. The van der Waals surface area contributed by atoms with Gasteiger partial charge in [0.05, 0.1) is 12.2 Å². The third-order valence-electron chi connectivity index (χ3n) is 4.40. The molecule has 5 heteroatoms.